The lowest BCUT2D eigenvalue weighted by Crippen LogP contribution is -2.56. The maximum Gasteiger partial charge on any atom is 0.407 e. The van der Waals surface area contributed by atoms with Crippen LogP contribution in [-0.4, -0.2) is 55.7 Å². The molecule has 1 N–H and O–H groups in total. The molecule has 6 nitrogen and oxygen atoms in total. The van der Waals surface area contributed by atoms with Gasteiger partial charge >= 0.3 is 12.1 Å². The molecule has 1 amide bonds. The number of rotatable bonds is 6. The molecule has 0 aromatic heterocycles. The van der Waals surface area contributed by atoms with Gasteiger partial charge in [0, 0.05) is 13.0 Å². The van der Waals surface area contributed by atoms with Crippen molar-refractivity contribution in [3.05, 3.63) is 0 Å². The summed E-state index contributed by atoms with van der Waals surface area (Å²) >= 11 is 0. The van der Waals surface area contributed by atoms with E-state index in [1.807, 2.05) is 0 Å². The van der Waals surface area contributed by atoms with Crippen molar-refractivity contribution in [3.8, 4) is 0 Å². The van der Waals surface area contributed by atoms with E-state index in [1.54, 1.807) is 6.92 Å². The van der Waals surface area contributed by atoms with Crippen molar-refractivity contribution in [2.24, 2.45) is 0 Å². The predicted octanol–water partition coefficient (Wildman–Crippen LogP) is 3.86. The van der Waals surface area contributed by atoms with Crippen molar-refractivity contribution in [1.29, 1.82) is 0 Å². The quantitative estimate of drug-likeness (QED) is 0.575. The molecule has 1 saturated heterocycles. The van der Waals surface area contributed by atoms with Crippen LogP contribution < -0.4 is 0 Å². The number of esters is 1. The largest absolute Gasteiger partial charge is 0.466 e. The van der Waals surface area contributed by atoms with Crippen LogP contribution in [0.2, 0.25) is 18.1 Å². The molecular formula is C17H33NO5Si. The lowest BCUT2D eigenvalue weighted by atomic mass is 9.95. The normalized spacial score (nSPS) is 22.3. The topological polar surface area (TPSA) is 76.1 Å². The van der Waals surface area contributed by atoms with E-state index in [1.165, 1.54) is 4.90 Å². The molecular weight excluding hydrogens is 326 g/mol. The minimum absolute atomic E-state index is 0.0597. The van der Waals surface area contributed by atoms with Gasteiger partial charge in [0.15, 0.2) is 8.32 Å². The number of piperidine rings is 1. The molecule has 0 spiro atoms. The van der Waals surface area contributed by atoms with E-state index in [4.69, 9.17) is 9.16 Å². The van der Waals surface area contributed by atoms with E-state index in [0.29, 0.717) is 19.6 Å². The SMILES string of the molecule is CCOC(=O)CC[C@@H]1[C@@H](O[Si](C)(C)C(C)(C)C)CCCN1C(=O)O. The van der Waals surface area contributed by atoms with Crippen LogP contribution in [0.1, 0.15) is 53.4 Å². The van der Waals surface area contributed by atoms with Crippen LogP contribution >= 0.6 is 0 Å². The van der Waals surface area contributed by atoms with E-state index in [2.05, 4.69) is 33.9 Å². The average Bonchev–Trinajstić information content (AvgIpc) is 2.44. The molecule has 1 aliphatic rings. The van der Waals surface area contributed by atoms with Gasteiger partial charge in [-0.1, -0.05) is 20.8 Å². The van der Waals surface area contributed by atoms with Gasteiger partial charge < -0.3 is 19.2 Å². The highest BCUT2D eigenvalue weighted by Gasteiger charge is 2.43. The summed E-state index contributed by atoms with van der Waals surface area (Å²) in [4.78, 5) is 24.7. The predicted molar refractivity (Wildman–Crippen MR) is 95.7 cm³/mol. The second kappa shape index (κ2) is 8.34. The summed E-state index contributed by atoms with van der Waals surface area (Å²) < 4.78 is 11.5. The maximum atomic E-state index is 11.7. The summed E-state index contributed by atoms with van der Waals surface area (Å²) in [5.41, 5.74) is 0. The lowest BCUT2D eigenvalue weighted by molar-refractivity contribution is -0.143. The number of hydrogen-bond acceptors (Lipinski definition) is 4. The zero-order valence-electron chi connectivity index (χ0n) is 15.9. The lowest BCUT2D eigenvalue weighted by Gasteiger charge is -2.46. The Hall–Kier alpha value is -1.08. The molecule has 0 aromatic carbocycles. The Balaban J connectivity index is 2.89. The van der Waals surface area contributed by atoms with Crippen molar-refractivity contribution in [3.63, 3.8) is 0 Å². The number of amides is 1. The maximum absolute atomic E-state index is 11.7. The second-order valence-electron chi connectivity index (χ2n) is 7.95. The monoisotopic (exact) mass is 359 g/mol. The first-order chi connectivity index (χ1) is 11.0. The zero-order valence-corrected chi connectivity index (χ0v) is 16.9. The van der Waals surface area contributed by atoms with Gasteiger partial charge in [-0.25, -0.2) is 4.79 Å². The molecule has 1 heterocycles. The Labute approximate surface area is 146 Å². The highest BCUT2D eigenvalue weighted by molar-refractivity contribution is 6.74. The van der Waals surface area contributed by atoms with Gasteiger partial charge in [0.25, 0.3) is 0 Å². The summed E-state index contributed by atoms with van der Waals surface area (Å²) in [5, 5.41) is 9.58. The minimum Gasteiger partial charge on any atom is -0.466 e. The van der Waals surface area contributed by atoms with Gasteiger partial charge in [0.2, 0.25) is 0 Å². The van der Waals surface area contributed by atoms with Crippen LogP contribution in [0.15, 0.2) is 0 Å². The van der Waals surface area contributed by atoms with Crippen molar-refractivity contribution in [2.45, 2.75) is 83.7 Å². The fourth-order valence-electron chi connectivity index (χ4n) is 2.79. The van der Waals surface area contributed by atoms with Gasteiger partial charge in [-0.05, 0) is 44.3 Å². The van der Waals surface area contributed by atoms with Crippen molar-refractivity contribution in [1.82, 2.24) is 4.90 Å². The Kier molecular flexibility index (Phi) is 7.28. The zero-order chi connectivity index (χ0) is 18.5. The molecule has 0 aromatic rings. The minimum atomic E-state index is -2.01. The van der Waals surface area contributed by atoms with E-state index in [-0.39, 0.29) is 29.6 Å². The highest BCUT2D eigenvalue weighted by atomic mass is 28.4. The number of hydrogen-bond donors (Lipinski definition) is 1. The number of carboxylic acid groups (broad SMARTS) is 1. The smallest absolute Gasteiger partial charge is 0.407 e. The van der Waals surface area contributed by atoms with E-state index in [9.17, 15) is 14.7 Å². The first kappa shape index (κ1) is 21.0. The van der Waals surface area contributed by atoms with E-state index < -0.39 is 14.4 Å². The molecule has 0 aliphatic carbocycles. The average molecular weight is 360 g/mol. The molecule has 2 atom stereocenters. The Morgan fingerprint density at radius 1 is 1.29 bits per heavy atom. The Bertz CT molecular complexity index is 447. The van der Waals surface area contributed by atoms with Crippen LogP contribution in [-0.2, 0) is 14.0 Å². The third kappa shape index (κ3) is 5.48. The molecule has 0 radical (unpaired) electrons. The number of likely N-dealkylation sites (tertiary alicyclic amines) is 1. The standard InChI is InChI=1S/C17H33NO5Si/c1-7-22-15(19)11-10-13-14(9-8-12-18(13)16(20)21)23-24(5,6)17(2,3)4/h13-14H,7-12H2,1-6H3,(H,20,21)/t13-,14+/m1/s1. The van der Waals surface area contributed by atoms with E-state index >= 15 is 0 Å². The van der Waals surface area contributed by atoms with Gasteiger partial charge in [-0.3, -0.25) is 4.79 Å². The number of carbonyl (C=O) groups excluding carboxylic acids is 1. The second-order valence-corrected chi connectivity index (χ2v) is 12.7. The van der Waals surface area contributed by atoms with Crippen LogP contribution in [0.5, 0.6) is 0 Å². The Morgan fingerprint density at radius 2 is 1.92 bits per heavy atom. The summed E-state index contributed by atoms with van der Waals surface area (Å²) in [6.07, 6.45) is 1.22. The molecule has 1 rings (SSSR count). The summed E-state index contributed by atoms with van der Waals surface area (Å²) in [5.74, 6) is -0.278. The molecule has 1 aliphatic heterocycles. The van der Waals surface area contributed by atoms with E-state index in [0.717, 1.165) is 12.8 Å². The molecule has 0 bridgehead atoms. The molecule has 7 heteroatoms. The fourth-order valence-corrected chi connectivity index (χ4v) is 4.18. The van der Waals surface area contributed by atoms with Crippen molar-refractivity contribution >= 4 is 20.4 Å². The van der Waals surface area contributed by atoms with Crippen molar-refractivity contribution in [2.75, 3.05) is 13.2 Å². The third-order valence-electron chi connectivity index (χ3n) is 5.16. The van der Waals surface area contributed by atoms with Crippen LogP contribution in [0.3, 0.4) is 0 Å². The molecule has 1 fully saturated rings. The molecule has 0 unspecified atom stereocenters. The van der Waals surface area contributed by atoms with Crippen molar-refractivity contribution < 1.29 is 23.9 Å². The number of ether oxygens (including phenoxy) is 1. The summed E-state index contributed by atoms with van der Waals surface area (Å²) in [6, 6.07) is -0.283. The first-order valence-corrected chi connectivity index (χ1v) is 11.7. The fraction of sp³-hybridized carbons (Fsp3) is 0.882. The number of nitrogens with zero attached hydrogens (tertiary/aromatic N) is 1. The van der Waals surface area contributed by atoms with Gasteiger partial charge in [-0.15, -0.1) is 0 Å². The molecule has 24 heavy (non-hydrogen) atoms. The highest BCUT2D eigenvalue weighted by Crippen LogP contribution is 2.39. The summed E-state index contributed by atoms with van der Waals surface area (Å²) in [6.45, 7) is 13.5. The third-order valence-corrected chi connectivity index (χ3v) is 9.67. The van der Waals surface area contributed by atoms with Gasteiger partial charge in [0.05, 0.1) is 18.8 Å². The number of carbonyl (C=O) groups is 2. The van der Waals surface area contributed by atoms with Crippen LogP contribution in [0.4, 0.5) is 4.79 Å². The Morgan fingerprint density at radius 3 is 2.42 bits per heavy atom. The van der Waals surface area contributed by atoms with Crippen LogP contribution in [0.25, 0.3) is 0 Å². The van der Waals surface area contributed by atoms with Gasteiger partial charge in [0.1, 0.15) is 0 Å². The molecule has 140 valence electrons. The first-order valence-electron chi connectivity index (χ1n) is 8.82. The summed E-state index contributed by atoms with van der Waals surface area (Å²) in [7, 11) is -2.01. The van der Waals surface area contributed by atoms with Gasteiger partial charge in [-0.2, -0.15) is 0 Å². The molecule has 0 saturated carbocycles. The van der Waals surface area contributed by atoms with Crippen LogP contribution in [0, 0.1) is 0 Å².